The van der Waals surface area contributed by atoms with E-state index in [1.165, 1.54) is 0 Å². The van der Waals surface area contributed by atoms with Crippen molar-refractivity contribution in [2.75, 3.05) is 6.61 Å². The largest absolute Gasteiger partial charge is 0.483 e. The van der Waals surface area contributed by atoms with E-state index in [2.05, 4.69) is 0 Å². The van der Waals surface area contributed by atoms with Crippen molar-refractivity contribution >= 4 is 0 Å². The van der Waals surface area contributed by atoms with Crippen LogP contribution >= 0.6 is 0 Å². The fraction of sp³-hybridized carbons (Fsp3) is 0.400. The molecule has 0 fully saturated rings. The quantitative estimate of drug-likeness (QED) is 0.671. The van der Waals surface area contributed by atoms with E-state index in [0.717, 1.165) is 11.3 Å². The second-order valence-electron chi connectivity index (χ2n) is 3.59. The summed E-state index contributed by atoms with van der Waals surface area (Å²) in [4.78, 5) is 0. The van der Waals surface area contributed by atoms with Crippen LogP contribution in [0, 0.1) is 0 Å². The molecule has 0 spiro atoms. The molecule has 1 aromatic rings. The summed E-state index contributed by atoms with van der Waals surface area (Å²) in [5, 5.41) is 9.16. The second kappa shape index (κ2) is 2.72. The summed E-state index contributed by atoms with van der Waals surface area (Å²) in [7, 11) is 0. The van der Waals surface area contributed by atoms with E-state index in [0.29, 0.717) is 0 Å². The van der Waals surface area contributed by atoms with Crippen LogP contribution in [0.5, 0.6) is 5.75 Å². The molecule has 2 atom stereocenters. The van der Waals surface area contributed by atoms with Gasteiger partial charge in [-0.2, -0.15) is 0 Å². The lowest BCUT2D eigenvalue weighted by Crippen LogP contribution is -2.42. The summed E-state index contributed by atoms with van der Waals surface area (Å²) in [6, 6.07) is 7.38. The maximum atomic E-state index is 9.16. The highest BCUT2D eigenvalue weighted by molar-refractivity contribution is 5.42. The van der Waals surface area contributed by atoms with Gasteiger partial charge in [-0.1, -0.05) is 18.2 Å². The van der Waals surface area contributed by atoms with Crippen LogP contribution in [0.2, 0.25) is 0 Å². The third-order valence-electron chi connectivity index (χ3n) is 2.57. The van der Waals surface area contributed by atoms with Gasteiger partial charge in [-0.15, -0.1) is 0 Å². The molecule has 3 N–H and O–H groups in total. The summed E-state index contributed by atoms with van der Waals surface area (Å²) in [5.41, 5.74) is 6.26. The van der Waals surface area contributed by atoms with Crippen LogP contribution in [0.4, 0.5) is 0 Å². The number of ether oxygens (including phenoxy) is 1. The zero-order chi connectivity index (χ0) is 9.47. The number of hydrogen-bond acceptors (Lipinski definition) is 3. The van der Waals surface area contributed by atoms with Crippen molar-refractivity contribution in [3.63, 3.8) is 0 Å². The first-order valence-electron chi connectivity index (χ1n) is 4.32. The summed E-state index contributed by atoms with van der Waals surface area (Å²) in [6.45, 7) is 1.75. The SMILES string of the molecule is CC1(CO)Oc2ccccc2C1N. The smallest absolute Gasteiger partial charge is 0.148 e. The van der Waals surface area contributed by atoms with Gasteiger partial charge in [0.2, 0.25) is 0 Å². The Bertz CT molecular complexity index is 326. The van der Waals surface area contributed by atoms with Crippen LogP contribution in [0.25, 0.3) is 0 Å². The van der Waals surface area contributed by atoms with Crippen LogP contribution in [-0.4, -0.2) is 17.3 Å². The van der Waals surface area contributed by atoms with E-state index >= 15 is 0 Å². The first kappa shape index (κ1) is 8.53. The maximum Gasteiger partial charge on any atom is 0.148 e. The molecule has 0 aliphatic carbocycles. The number of rotatable bonds is 1. The van der Waals surface area contributed by atoms with Crippen molar-refractivity contribution in [2.24, 2.45) is 5.73 Å². The lowest BCUT2D eigenvalue weighted by molar-refractivity contribution is 0.0251. The van der Waals surface area contributed by atoms with Gasteiger partial charge in [0.25, 0.3) is 0 Å². The highest BCUT2D eigenvalue weighted by Crippen LogP contribution is 2.40. The molecular formula is C10H13NO2. The molecule has 1 aromatic carbocycles. The molecule has 0 saturated heterocycles. The molecule has 1 aliphatic rings. The molecular weight excluding hydrogens is 166 g/mol. The Balaban J connectivity index is 2.43. The first-order valence-corrected chi connectivity index (χ1v) is 4.32. The fourth-order valence-electron chi connectivity index (χ4n) is 1.60. The van der Waals surface area contributed by atoms with Crippen LogP contribution in [-0.2, 0) is 0 Å². The average molecular weight is 179 g/mol. The summed E-state index contributed by atoms with van der Waals surface area (Å²) in [5.74, 6) is 0.784. The molecule has 70 valence electrons. The predicted molar refractivity (Wildman–Crippen MR) is 49.5 cm³/mol. The van der Waals surface area contributed by atoms with Gasteiger partial charge in [-0.25, -0.2) is 0 Å². The molecule has 1 heterocycles. The van der Waals surface area contributed by atoms with Gasteiger partial charge in [-0.3, -0.25) is 0 Å². The van der Waals surface area contributed by atoms with Gasteiger partial charge in [-0.05, 0) is 13.0 Å². The van der Waals surface area contributed by atoms with E-state index in [9.17, 15) is 0 Å². The number of aliphatic hydroxyl groups excluding tert-OH is 1. The van der Waals surface area contributed by atoms with Gasteiger partial charge in [0.1, 0.15) is 11.4 Å². The molecule has 3 nitrogen and oxygen atoms in total. The standard InChI is InChI=1S/C10H13NO2/c1-10(6-12)9(11)7-4-2-3-5-8(7)13-10/h2-5,9,12H,6,11H2,1H3. The monoisotopic (exact) mass is 179 g/mol. The van der Waals surface area contributed by atoms with Gasteiger partial charge < -0.3 is 15.6 Å². The normalized spacial score (nSPS) is 31.2. The predicted octanol–water partition coefficient (Wildman–Crippen LogP) is 0.830. The first-order chi connectivity index (χ1) is 6.17. The molecule has 0 saturated carbocycles. The third kappa shape index (κ3) is 1.12. The van der Waals surface area contributed by atoms with Crippen molar-refractivity contribution in [3.05, 3.63) is 29.8 Å². The number of nitrogens with two attached hydrogens (primary N) is 1. The lowest BCUT2D eigenvalue weighted by atomic mass is 9.94. The fourth-order valence-corrected chi connectivity index (χ4v) is 1.60. The lowest BCUT2D eigenvalue weighted by Gasteiger charge is -2.25. The highest BCUT2D eigenvalue weighted by Gasteiger charge is 2.41. The molecule has 0 radical (unpaired) electrons. The Morgan fingerprint density at radius 2 is 2.23 bits per heavy atom. The zero-order valence-electron chi connectivity index (χ0n) is 7.53. The van der Waals surface area contributed by atoms with Gasteiger partial charge in [0.05, 0.1) is 12.6 Å². The van der Waals surface area contributed by atoms with E-state index in [1.807, 2.05) is 31.2 Å². The van der Waals surface area contributed by atoms with Crippen molar-refractivity contribution in [3.8, 4) is 5.75 Å². The van der Waals surface area contributed by atoms with Crippen molar-refractivity contribution in [2.45, 2.75) is 18.6 Å². The Kier molecular flexibility index (Phi) is 1.78. The number of benzene rings is 1. The van der Waals surface area contributed by atoms with Crippen LogP contribution in [0.3, 0.4) is 0 Å². The Labute approximate surface area is 77.1 Å². The molecule has 1 aliphatic heterocycles. The second-order valence-corrected chi connectivity index (χ2v) is 3.59. The highest BCUT2D eigenvalue weighted by atomic mass is 16.5. The van der Waals surface area contributed by atoms with Crippen LogP contribution < -0.4 is 10.5 Å². The van der Waals surface area contributed by atoms with E-state index < -0.39 is 5.60 Å². The van der Waals surface area contributed by atoms with E-state index in [-0.39, 0.29) is 12.6 Å². The number of hydrogen-bond donors (Lipinski definition) is 2. The number of para-hydroxylation sites is 1. The van der Waals surface area contributed by atoms with Crippen molar-refractivity contribution in [1.29, 1.82) is 0 Å². The molecule has 2 unspecified atom stereocenters. The topological polar surface area (TPSA) is 55.5 Å². The Morgan fingerprint density at radius 1 is 1.54 bits per heavy atom. The minimum atomic E-state index is -0.663. The minimum absolute atomic E-state index is 0.0666. The van der Waals surface area contributed by atoms with Gasteiger partial charge >= 0.3 is 0 Å². The van der Waals surface area contributed by atoms with E-state index in [4.69, 9.17) is 15.6 Å². The maximum absolute atomic E-state index is 9.16. The third-order valence-corrected chi connectivity index (χ3v) is 2.57. The molecule has 2 rings (SSSR count). The van der Waals surface area contributed by atoms with Crippen molar-refractivity contribution < 1.29 is 9.84 Å². The van der Waals surface area contributed by atoms with Gasteiger partial charge in [0, 0.05) is 5.56 Å². The zero-order valence-corrected chi connectivity index (χ0v) is 7.53. The Hall–Kier alpha value is -1.06. The van der Waals surface area contributed by atoms with E-state index in [1.54, 1.807) is 0 Å². The molecule has 3 heteroatoms. The summed E-state index contributed by atoms with van der Waals surface area (Å²) >= 11 is 0. The van der Waals surface area contributed by atoms with Gasteiger partial charge in [0.15, 0.2) is 0 Å². The number of aliphatic hydroxyl groups is 1. The molecule has 0 bridgehead atoms. The Morgan fingerprint density at radius 3 is 2.85 bits per heavy atom. The molecule has 0 amide bonds. The molecule has 13 heavy (non-hydrogen) atoms. The summed E-state index contributed by atoms with van der Waals surface area (Å²) < 4.78 is 5.58. The number of fused-ring (bicyclic) bond motifs is 1. The van der Waals surface area contributed by atoms with Crippen molar-refractivity contribution in [1.82, 2.24) is 0 Å². The average Bonchev–Trinajstić information content (AvgIpc) is 2.41. The summed E-state index contributed by atoms with van der Waals surface area (Å²) in [6.07, 6.45) is 0. The van der Waals surface area contributed by atoms with Crippen LogP contribution in [0.1, 0.15) is 18.5 Å². The van der Waals surface area contributed by atoms with Crippen LogP contribution in [0.15, 0.2) is 24.3 Å². The minimum Gasteiger partial charge on any atom is -0.483 e. The molecule has 0 aromatic heterocycles.